The molecule has 15 heavy (non-hydrogen) atoms. The molecule has 6 heteroatoms. The number of benzene rings is 1. The van der Waals surface area contributed by atoms with Gasteiger partial charge in [-0.1, -0.05) is 15.9 Å². The molecule has 0 atom stereocenters. The van der Waals surface area contributed by atoms with Crippen LogP contribution >= 0.6 is 38.5 Å². The molecule has 0 saturated carbocycles. The Hall–Kier alpha value is -0.500. The second kappa shape index (κ2) is 4.56. The van der Waals surface area contributed by atoms with Gasteiger partial charge in [0.15, 0.2) is 0 Å². The van der Waals surface area contributed by atoms with E-state index in [-0.39, 0.29) is 5.82 Å². The zero-order valence-electron chi connectivity index (χ0n) is 7.49. The van der Waals surface area contributed by atoms with Crippen molar-refractivity contribution in [3.05, 3.63) is 44.2 Å². The number of nitrogens with zero attached hydrogens (tertiary/aromatic N) is 3. The van der Waals surface area contributed by atoms with E-state index >= 15 is 0 Å². The standard InChI is InChI=1S/C9H6BrFIN3/c10-7-1-6(2-8(11)3-7)4-15-5-13-9(12)14-15/h1-3,5H,4H2. The monoisotopic (exact) mass is 381 g/mol. The van der Waals surface area contributed by atoms with Gasteiger partial charge in [-0.25, -0.2) is 14.1 Å². The minimum atomic E-state index is -0.255. The molecule has 0 unspecified atom stereocenters. The fourth-order valence-electron chi connectivity index (χ4n) is 1.24. The lowest BCUT2D eigenvalue weighted by Crippen LogP contribution is -2.00. The zero-order chi connectivity index (χ0) is 10.8. The summed E-state index contributed by atoms with van der Waals surface area (Å²) < 4.78 is 16.1. The van der Waals surface area contributed by atoms with E-state index in [4.69, 9.17) is 0 Å². The lowest BCUT2D eigenvalue weighted by molar-refractivity contribution is 0.617. The summed E-state index contributed by atoms with van der Waals surface area (Å²) >= 11 is 5.28. The summed E-state index contributed by atoms with van der Waals surface area (Å²) in [7, 11) is 0. The average molecular weight is 382 g/mol. The summed E-state index contributed by atoms with van der Waals surface area (Å²) in [5.74, 6) is -0.255. The van der Waals surface area contributed by atoms with Gasteiger partial charge in [0.25, 0.3) is 0 Å². The second-order valence-corrected chi connectivity index (χ2v) is 4.87. The third-order valence-corrected chi connectivity index (χ3v) is 2.73. The van der Waals surface area contributed by atoms with E-state index in [1.807, 2.05) is 28.7 Å². The van der Waals surface area contributed by atoms with Crippen molar-refractivity contribution in [2.45, 2.75) is 6.54 Å². The lowest BCUT2D eigenvalue weighted by Gasteiger charge is -2.02. The molecule has 0 fully saturated rings. The smallest absolute Gasteiger partial charge is 0.211 e. The molecule has 1 heterocycles. The van der Waals surface area contributed by atoms with Crippen molar-refractivity contribution in [3.63, 3.8) is 0 Å². The normalized spacial score (nSPS) is 10.6. The summed E-state index contributed by atoms with van der Waals surface area (Å²) in [5, 5.41) is 4.12. The molecule has 78 valence electrons. The molecular formula is C9H6BrFIN3. The first-order valence-corrected chi connectivity index (χ1v) is 6.00. The van der Waals surface area contributed by atoms with Crippen molar-refractivity contribution in [2.75, 3.05) is 0 Å². The topological polar surface area (TPSA) is 30.7 Å². The van der Waals surface area contributed by atoms with Gasteiger partial charge in [-0.15, -0.1) is 5.10 Å². The molecule has 0 saturated heterocycles. The van der Waals surface area contributed by atoms with Gasteiger partial charge in [0.05, 0.1) is 6.54 Å². The maximum absolute atomic E-state index is 13.1. The van der Waals surface area contributed by atoms with E-state index in [1.54, 1.807) is 11.0 Å². The molecule has 0 N–H and O–H groups in total. The molecule has 2 rings (SSSR count). The molecule has 0 aliphatic heterocycles. The van der Waals surface area contributed by atoms with Gasteiger partial charge in [-0.2, -0.15) is 0 Å². The van der Waals surface area contributed by atoms with Crippen LogP contribution in [-0.4, -0.2) is 14.8 Å². The molecule has 1 aromatic heterocycles. The largest absolute Gasteiger partial charge is 0.247 e. The summed E-state index contributed by atoms with van der Waals surface area (Å²) in [6, 6.07) is 4.77. The number of hydrogen-bond donors (Lipinski definition) is 0. The summed E-state index contributed by atoms with van der Waals surface area (Å²) in [5.41, 5.74) is 0.850. The van der Waals surface area contributed by atoms with Gasteiger partial charge in [0.1, 0.15) is 12.1 Å². The zero-order valence-corrected chi connectivity index (χ0v) is 11.2. The SMILES string of the molecule is Fc1cc(Br)cc(Cn2cnc(I)n2)c1. The van der Waals surface area contributed by atoms with E-state index < -0.39 is 0 Å². The van der Waals surface area contributed by atoms with E-state index in [2.05, 4.69) is 26.0 Å². The Kier molecular flexibility index (Phi) is 3.35. The van der Waals surface area contributed by atoms with Crippen LogP contribution in [0.1, 0.15) is 5.56 Å². The Morgan fingerprint density at radius 1 is 1.40 bits per heavy atom. The first kappa shape index (κ1) is 11.0. The Labute approximate surface area is 108 Å². The fraction of sp³-hybridized carbons (Fsp3) is 0.111. The van der Waals surface area contributed by atoms with Crippen molar-refractivity contribution in [3.8, 4) is 0 Å². The highest BCUT2D eigenvalue weighted by Gasteiger charge is 2.01. The maximum atomic E-state index is 13.1. The van der Waals surface area contributed by atoms with Crippen molar-refractivity contribution in [1.29, 1.82) is 0 Å². The highest BCUT2D eigenvalue weighted by molar-refractivity contribution is 14.1. The van der Waals surface area contributed by atoms with Crippen LogP contribution in [0.5, 0.6) is 0 Å². The molecule has 3 nitrogen and oxygen atoms in total. The van der Waals surface area contributed by atoms with Gasteiger partial charge in [0, 0.05) is 27.1 Å². The van der Waals surface area contributed by atoms with Gasteiger partial charge in [-0.3, -0.25) is 0 Å². The lowest BCUT2D eigenvalue weighted by atomic mass is 10.2. The third kappa shape index (κ3) is 2.97. The van der Waals surface area contributed by atoms with Gasteiger partial charge in [-0.05, 0) is 23.8 Å². The number of aromatic nitrogens is 3. The predicted octanol–water partition coefficient (Wildman–Crippen LogP) is 2.83. The Balaban J connectivity index is 2.24. The molecule has 0 amide bonds. The fourth-order valence-corrected chi connectivity index (χ4v) is 2.15. The molecule has 2 aromatic rings. The summed E-state index contributed by atoms with van der Waals surface area (Å²) in [6.07, 6.45) is 1.63. The van der Waals surface area contributed by atoms with Crippen molar-refractivity contribution >= 4 is 38.5 Å². The van der Waals surface area contributed by atoms with E-state index in [0.29, 0.717) is 10.4 Å². The van der Waals surface area contributed by atoms with E-state index in [0.717, 1.165) is 10.0 Å². The molecule has 0 radical (unpaired) electrons. The van der Waals surface area contributed by atoms with Crippen LogP contribution in [0.2, 0.25) is 0 Å². The number of halogens is 3. The van der Waals surface area contributed by atoms with Crippen LogP contribution in [0, 0.1) is 9.65 Å². The molecule has 0 aliphatic carbocycles. The van der Waals surface area contributed by atoms with Crippen molar-refractivity contribution in [1.82, 2.24) is 14.8 Å². The highest BCUT2D eigenvalue weighted by Crippen LogP contribution is 2.15. The van der Waals surface area contributed by atoms with E-state index in [9.17, 15) is 4.39 Å². The Morgan fingerprint density at radius 3 is 2.80 bits per heavy atom. The average Bonchev–Trinajstić information content (AvgIpc) is 2.49. The van der Waals surface area contributed by atoms with Crippen LogP contribution in [0.25, 0.3) is 0 Å². The van der Waals surface area contributed by atoms with Crippen LogP contribution in [0.3, 0.4) is 0 Å². The van der Waals surface area contributed by atoms with Crippen LogP contribution in [0.15, 0.2) is 29.0 Å². The third-order valence-electron chi connectivity index (χ3n) is 1.78. The molecule has 0 spiro atoms. The maximum Gasteiger partial charge on any atom is 0.211 e. The van der Waals surface area contributed by atoms with Gasteiger partial charge in [0.2, 0.25) is 3.83 Å². The Morgan fingerprint density at radius 2 is 2.20 bits per heavy atom. The quantitative estimate of drug-likeness (QED) is 0.749. The van der Waals surface area contributed by atoms with Crippen molar-refractivity contribution in [2.24, 2.45) is 0 Å². The minimum absolute atomic E-state index is 0.255. The first-order valence-electron chi connectivity index (χ1n) is 4.13. The minimum Gasteiger partial charge on any atom is -0.247 e. The number of hydrogen-bond acceptors (Lipinski definition) is 2. The van der Waals surface area contributed by atoms with Gasteiger partial charge >= 0.3 is 0 Å². The summed E-state index contributed by atoms with van der Waals surface area (Å²) in [6.45, 7) is 0.520. The number of rotatable bonds is 2. The van der Waals surface area contributed by atoms with Crippen LogP contribution in [-0.2, 0) is 6.54 Å². The second-order valence-electron chi connectivity index (χ2n) is 2.99. The van der Waals surface area contributed by atoms with Crippen molar-refractivity contribution < 1.29 is 4.39 Å². The molecule has 1 aromatic carbocycles. The predicted molar refractivity (Wildman–Crippen MR) is 65.9 cm³/mol. The van der Waals surface area contributed by atoms with Crippen LogP contribution in [0.4, 0.5) is 4.39 Å². The van der Waals surface area contributed by atoms with Crippen LogP contribution < -0.4 is 0 Å². The van der Waals surface area contributed by atoms with E-state index in [1.165, 1.54) is 12.1 Å². The molecule has 0 bridgehead atoms. The Bertz CT molecular complexity index is 466. The highest BCUT2D eigenvalue weighted by atomic mass is 127. The first-order chi connectivity index (χ1) is 7.13. The van der Waals surface area contributed by atoms with Gasteiger partial charge < -0.3 is 0 Å². The molecular weight excluding hydrogens is 376 g/mol. The summed E-state index contributed by atoms with van der Waals surface area (Å²) in [4.78, 5) is 3.99. The molecule has 0 aliphatic rings.